The van der Waals surface area contributed by atoms with Crippen molar-refractivity contribution >= 4 is 0 Å². The highest BCUT2D eigenvalue weighted by Crippen LogP contribution is 2.15. The van der Waals surface area contributed by atoms with E-state index in [4.69, 9.17) is 4.52 Å². The number of aromatic nitrogens is 3. The van der Waals surface area contributed by atoms with Gasteiger partial charge < -0.3 is 9.84 Å². The van der Waals surface area contributed by atoms with Crippen LogP contribution in [0.4, 0.5) is 0 Å². The van der Waals surface area contributed by atoms with E-state index in [1.54, 1.807) is 6.20 Å². The summed E-state index contributed by atoms with van der Waals surface area (Å²) < 4.78 is 6.85. The van der Waals surface area contributed by atoms with Gasteiger partial charge in [-0.25, -0.2) is 0 Å². The minimum atomic E-state index is 0.249. The van der Waals surface area contributed by atoms with Gasteiger partial charge in [0.05, 0.1) is 18.4 Å². The van der Waals surface area contributed by atoms with E-state index in [1.807, 2.05) is 30.9 Å². The van der Waals surface area contributed by atoms with Crippen LogP contribution in [0.25, 0.3) is 0 Å². The van der Waals surface area contributed by atoms with Crippen molar-refractivity contribution in [1.82, 2.24) is 20.3 Å². The smallest absolute Gasteiger partial charge is 0.150 e. The quantitative estimate of drug-likeness (QED) is 0.849. The zero-order chi connectivity index (χ0) is 11.5. The minimum Gasteiger partial charge on any atom is -0.360 e. The molecule has 2 rings (SSSR count). The first kappa shape index (κ1) is 10.9. The Morgan fingerprint density at radius 1 is 1.56 bits per heavy atom. The van der Waals surface area contributed by atoms with Crippen molar-refractivity contribution in [3.8, 4) is 0 Å². The van der Waals surface area contributed by atoms with E-state index in [-0.39, 0.29) is 6.04 Å². The van der Waals surface area contributed by atoms with Gasteiger partial charge in [0.1, 0.15) is 5.76 Å². The Hall–Kier alpha value is -1.62. The highest BCUT2D eigenvalue weighted by molar-refractivity contribution is 5.19. The van der Waals surface area contributed by atoms with Crippen molar-refractivity contribution in [3.05, 3.63) is 35.5 Å². The van der Waals surface area contributed by atoms with Crippen molar-refractivity contribution in [2.45, 2.75) is 26.4 Å². The normalized spacial score (nSPS) is 12.9. The zero-order valence-corrected chi connectivity index (χ0v) is 9.77. The first-order valence-electron chi connectivity index (χ1n) is 5.30. The number of nitrogens with zero attached hydrogens (tertiary/aromatic N) is 3. The van der Waals surface area contributed by atoms with E-state index >= 15 is 0 Å². The molecule has 16 heavy (non-hydrogen) atoms. The molecule has 0 amide bonds. The second-order valence-corrected chi connectivity index (χ2v) is 3.92. The number of rotatable bonds is 4. The summed E-state index contributed by atoms with van der Waals surface area (Å²) in [5.41, 5.74) is 2.27. The molecule has 5 heteroatoms. The summed E-state index contributed by atoms with van der Waals surface area (Å²) in [5.74, 6) is 0.841. The van der Waals surface area contributed by atoms with E-state index in [0.29, 0.717) is 6.54 Å². The third-order valence-electron chi connectivity index (χ3n) is 2.59. The molecule has 0 saturated carbocycles. The maximum absolute atomic E-state index is 5.02. The van der Waals surface area contributed by atoms with Crippen LogP contribution < -0.4 is 5.32 Å². The SMILES string of the molecule is Cc1nn(C)cc1C(C)NCc1ccno1. The molecule has 2 heterocycles. The Labute approximate surface area is 94.4 Å². The second-order valence-electron chi connectivity index (χ2n) is 3.92. The average Bonchev–Trinajstić information content (AvgIpc) is 2.84. The summed E-state index contributed by atoms with van der Waals surface area (Å²) in [7, 11) is 1.93. The van der Waals surface area contributed by atoms with Crippen molar-refractivity contribution in [3.63, 3.8) is 0 Å². The first-order chi connectivity index (χ1) is 7.66. The lowest BCUT2D eigenvalue weighted by Crippen LogP contribution is -2.18. The summed E-state index contributed by atoms with van der Waals surface area (Å²) in [6.07, 6.45) is 3.68. The Morgan fingerprint density at radius 2 is 2.38 bits per heavy atom. The van der Waals surface area contributed by atoms with Crippen LogP contribution in [0.2, 0.25) is 0 Å². The van der Waals surface area contributed by atoms with Crippen LogP contribution in [-0.4, -0.2) is 14.9 Å². The standard InChI is InChI=1S/C11H16N4O/c1-8(11-7-15(3)14-9(11)2)12-6-10-4-5-13-16-10/h4-5,7-8,12H,6H2,1-3H3. The van der Waals surface area contributed by atoms with Gasteiger partial charge in [-0.1, -0.05) is 5.16 Å². The van der Waals surface area contributed by atoms with Gasteiger partial charge in [-0.2, -0.15) is 5.10 Å². The molecule has 1 unspecified atom stereocenters. The number of hydrogen-bond donors (Lipinski definition) is 1. The molecule has 0 aliphatic heterocycles. The van der Waals surface area contributed by atoms with Crippen molar-refractivity contribution in [2.24, 2.45) is 7.05 Å². The third kappa shape index (κ3) is 2.30. The summed E-state index contributed by atoms with van der Waals surface area (Å²) in [5, 5.41) is 11.3. The molecule has 0 aliphatic carbocycles. The Kier molecular flexibility index (Phi) is 3.05. The van der Waals surface area contributed by atoms with Gasteiger partial charge in [-0.3, -0.25) is 4.68 Å². The molecule has 0 radical (unpaired) electrons. The van der Waals surface area contributed by atoms with E-state index < -0.39 is 0 Å². The van der Waals surface area contributed by atoms with Crippen LogP contribution in [0.1, 0.15) is 30.0 Å². The molecule has 1 atom stereocenters. The van der Waals surface area contributed by atoms with Crippen LogP contribution in [0, 0.1) is 6.92 Å². The summed E-state index contributed by atoms with van der Waals surface area (Å²) in [6, 6.07) is 2.11. The molecule has 0 spiro atoms. The van der Waals surface area contributed by atoms with Crippen LogP contribution in [0.15, 0.2) is 23.0 Å². The van der Waals surface area contributed by atoms with Gasteiger partial charge in [0.25, 0.3) is 0 Å². The van der Waals surface area contributed by atoms with E-state index in [2.05, 4.69) is 22.5 Å². The minimum absolute atomic E-state index is 0.249. The van der Waals surface area contributed by atoms with E-state index in [1.165, 1.54) is 5.56 Å². The first-order valence-corrected chi connectivity index (χ1v) is 5.30. The Morgan fingerprint density at radius 3 is 2.94 bits per heavy atom. The molecule has 2 aromatic heterocycles. The predicted octanol–water partition coefficient (Wildman–Crippen LogP) is 1.57. The van der Waals surface area contributed by atoms with Crippen molar-refractivity contribution < 1.29 is 4.52 Å². The van der Waals surface area contributed by atoms with Gasteiger partial charge in [-0.05, 0) is 13.8 Å². The lowest BCUT2D eigenvalue weighted by Gasteiger charge is -2.11. The van der Waals surface area contributed by atoms with E-state index in [9.17, 15) is 0 Å². The summed E-state index contributed by atoms with van der Waals surface area (Å²) >= 11 is 0. The van der Waals surface area contributed by atoms with Crippen LogP contribution in [0.5, 0.6) is 0 Å². The summed E-state index contributed by atoms with van der Waals surface area (Å²) in [6.45, 7) is 4.80. The summed E-state index contributed by atoms with van der Waals surface area (Å²) in [4.78, 5) is 0. The average molecular weight is 220 g/mol. The highest BCUT2D eigenvalue weighted by Gasteiger charge is 2.11. The lowest BCUT2D eigenvalue weighted by atomic mass is 10.1. The van der Waals surface area contributed by atoms with E-state index in [0.717, 1.165) is 11.5 Å². The third-order valence-corrected chi connectivity index (χ3v) is 2.59. The highest BCUT2D eigenvalue weighted by atomic mass is 16.5. The fourth-order valence-corrected chi connectivity index (χ4v) is 1.74. The van der Waals surface area contributed by atoms with Crippen LogP contribution >= 0.6 is 0 Å². The number of aryl methyl sites for hydroxylation is 2. The largest absolute Gasteiger partial charge is 0.360 e. The monoisotopic (exact) mass is 220 g/mol. The molecule has 0 aliphatic rings. The second kappa shape index (κ2) is 4.49. The maximum atomic E-state index is 5.02. The van der Waals surface area contributed by atoms with Crippen LogP contribution in [-0.2, 0) is 13.6 Å². The molecule has 1 N–H and O–H groups in total. The zero-order valence-electron chi connectivity index (χ0n) is 9.77. The lowest BCUT2D eigenvalue weighted by molar-refractivity contribution is 0.366. The molecule has 0 fully saturated rings. The molecular formula is C11H16N4O. The molecule has 5 nitrogen and oxygen atoms in total. The van der Waals surface area contributed by atoms with Gasteiger partial charge >= 0.3 is 0 Å². The fraction of sp³-hybridized carbons (Fsp3) is 0.455. The topological polar surface area (TPSA) is 55.9 Å². The molecule has 2 aromatic rings. The molecule has 0 aromatic carbocycles. The molecular weight excluding hydrogens is 204 g/mol. The van der Waals surface area contributed by atoms with Crippen molar-refractivity contribution in [2.75, 3.05) is 0 Å². The fourth-order valence-electron chi connectivity index (χ4n) is 1.74. The van der Waals surface area contributed by atoms with Gasteiger partial charge in [0.15, 0.2) is 0 Å². The Bertz CT molecular complexity index is 447. The number of hydrogen-bond acceptors (Lipinski definition) is 4. The molecule has 86 valence electrons. The Balaban J connectivity index is 1.98. The van der Waals surface area contributed by atoms with Gasteiger partial charge in [0, 0.05) is 30.9 Å². The maximum Gasteiger partial charge on any atom is 0.150 e. The van der Waals surface area contributed by atoms with Gasteiger partial charge in [0.2, 0.25) is 0 Å². The van der Waals surface area contributed by atoms with Crippen LogP contribution in [0.3, 0.4) is 0 Å². The van der Waals surface area contributed by atoms with Gasteiger partial charge in [-0.15, -0.1) is 0 Å². The molecule has 0 bridgehead atoms. The number of nitrogens with one attached hydrogen (secondary N) is 1. The van der Waals surface area contributed by atoms with Crippen molar-refractivity contribution in [1.29, 1.82) is 0 Å². The molecule has 0 saturated heterocycles. The predicted molar refractivity (Wildman–Crippen MR) is 59.7 cm³/mol.